The molecule has 0 fully saturated rings. The molecule has 1 amide bonds. The molecule has 0 saturated heterocycles. The number of amides is 1. The summed E-state index contributed by atoms with van der Waals surface area (Å²) in [4.78, 5) is 22.7. The number of nitrogens with one attached hydrogen (secondary N) is 1. The average Bonchev–Trinajstić information content (AvgIpc) is 2.65. The minimum Gasteiger partial charge on any atom is -0.496 e. The lowest BCUT2D eigenvalue weighted by Gasteiger charge is -2.14. The van der Waals surface area contributed by atoms with Gasteiger partial charge in [0.1, 0.15) is 5.75 Å². The van der Waals surface area contributed by atoms with Crippen molar-refractivity contribution in [1.29, 1.82) is 0 Å². The molecule has 0 radical (unpaired) electrons. The molecule has 0 aliphatic carbocycles. The Bertz CT molecular complexity index is 806. The van der Waals surface area contributed by atoms with Crippen LogP contribution in [0.25, 0.3) is 0 Å². The number of para-hydroxylation sites is 1. The SMILES string of the molecule is COc1cc(OC)c(OC)cc1CNC(=O)Cc1ccccc1[N+](=O)[O-]. The van der Waals surface area contributed by atoms with Gasteiger partial charge in [0.05, 0.1) is 32.7 Å². The van der Waals surface area contributed by atoms with Crippen LogP contribution in [0, 0.1) is 10.1 Å². The van der Waals surface area contributed by atoms with Crippen molar-refractivity contribution >= 4 is 11.6 Å². The summed E-state index contributed by atoms with van der Waals surface area (Å²) in [6, 6.07) is 9.54. The van der Waals surface area contributed by atoms with Crippen molar-refractivity contribution in [3.63, 3.8) is 0 Å². The Morgan fingerprint density at radius 2 is 1.62 bits per heavy atom. The maximum atomic E-state index is 12.2. The highest BCUT2D eigenvalue weighted by molar-refractivity contribution is 5.79. The largest absolute Gasteiger partial charge is 0.496 e. The van der Waals surface area contributed by atoms with Gasteiger partial charge >= 0.3 is 0 Å². The molecule has 0 aliphatic heterocycles. The third-order valence-electron chi connectivity index (χ3n) is 3.80. The molecule has 138 valence electrons. The molecular weight excluding hydrogens is 340 g/mol. The van der Waals surface area contributed by atoms with Crippen LogP contribution in [-0.2, 0) is 17.8 Å². The Morgan fingerprint density at radius 1 is 1.00 bits per heavy atom. The molecule has 26 heavy (non-hydrogen) atoms. The molecule has 0 aliphatic rings. The van der Waals surface area contributed by atoms with E-state index in [2.05, 4.69) is 5.32 Å². The van der Waals surface area contributed by atoms with Gasteiger partial charge in [-0.3, -0.25) is 14.9 Å². The molecule has 0 unspecified atom stereocenters. The Labute approximate surface area is 150 Å². The number of carbonyl (C=O) groups excluding carboxylic acids is 1. The van der Waals surface area contributed by atoms with E-state index in [4.69, 9.17) is 14.2 Å². The monoisotopic (exact) mass is 360 g/mol. The van der Waals surface area contributed by atoms with Crippen LogP contribution in [0.2, 0.25) is 0 Å². The third-order valence-corrected chi connectivity index (χ3v) is 3.80. The van der Waals surface area contributed by atoms with E-state index in [0.29, 0.717) is 28.4 Å². The van der Waals surface area contributed by atoms with Crippen molar-refractivity contribution in [1.82, 2.24) is 5.32 Å². The van der Waals surface area contributed by atoms with Gasteiger partial charge in [-0.15, -0.1) is 0 Å². The lowest BCUT2D eigenvalue weighted by Crippen LogP contribution is -2.25. The Morgan fingerprint density at radius 3 is 2.23 bits per heavy atom. The predicted octanol–water partition coefficient (Wildman–Crippen LogP) is 2.48. The molecular formula is C18H20N2O6. The molecule has 0 heterocycles. The standard InChI is InChI=1S/C18H20N2O6/c1-24-15-10-17(26-3)16(25-2)8-13(15)11-19-18(21)9-12-6-4-5-7-14(12)20(22)23/h4-8,10H,9,11H2,1-3H3,(H,19,21). The second-order valence-electron chi connectivity index (χ2n) is 5.36. The molecule has 2 rings (SSSR count). The van der Waals surface area contributed by atoms with E-state index in [1.54, 1.807) is 30.3 Å². The first kappa shape index (κ1) is 19.0. The van der Waals surface area contributed by atoms with Crippen LogP contribution in [0.1, 0.15) is 11.1 Å². The molecule has 0 bridgehead atoms. The van der Waals surface area contributed by atoms with Crippen LogP contribution >= 0.6 is 0 Å². The summed E-state index contributed by atoms with van der Waals surface area (Å²) in [7, 11) is 4.55. The molecule has 0 aromatic heterocycles. The Kier molecular flexibility index (Phi) is 6.37. The smallest absolute Gasteiger partial charge is 0.273 e. The van der Waals surface area contributed by atoms with Gasteiger partial charge in [0, 0.05) is 29.8 Å². The summed E-state index contributed by atoms with van der Waals surface area (Å²) < 4.78 is 15.8. The van der Waals surface area contributed by atoms with Gasteiger partial charge in [0.2, 0.25) is 5.91 Å². The molecule has 0 atom stereocenters. The zero-order valence-electron chi connectivity index (χ0n) is 14.8. The van der Waals surface area contributed by atoms with Crippen LogP contribution in [0.3, 0.4) is 0 Å². The molecule has 8 heteroatoms. The van der Waals surface area contributed by atoms with Gasteiger partial charge in [-0.25, -0.2) is 0 Å². The lowest BCUT2D eigenvalue weighted by atomic mass is 10.1. The summed E-state index contributed by atoms with van der Waals surface area (Å²) in [6.07, 6.45) is -0.0905. The van der Waals surface area contributed by atoms with E-state index < -0.39 is 4.92 Å². The molecule has 0 spiro atoms. The molecule has 0 saturated carbocycles. The van der Waals surface area contributed by atoms with E-state index >= 15 is 0 Å². The van der Waals surface area contributed by atoms with E-state index in [-0.39, 0.29) is 24.6 Å². The minimum absolute atomic E-state index is 0.0775. The second kappa shape index (κ2) is 8.70. The fraction of sp³-hybridized carbons (Fsp3) is 0.278. The highest BCUT2D eigenvalue weighted by Crippen LogP contribution is 2.34. The maximum Gasteiger partial charge on any atom is 0.273 e. The molecule has 1 N–H and O–H groups in total. The number of methoxy groups -OCH3 is 3. The van der Waals surface area contributed by atoms with Crippen molar-refractivity contribution in [3.8, 4) is 17.2 Å². The number of carbonyl (C=O) groups is 1. The van der Waals surface area contributed by atoms with Crippen LogP contribution in [0.15, 0.2) is 36.4 Å². The molecule has 2 aromatic carbocycles. The van der Waals surface area contributed by atoms with Gasteiger partial charge in [-0.1, -0.05) is 18.2 Å². The van der Waals surface area contributed by atoms with Gasteiger partial charge in [-0.2, -0.15) is 0 Å². The topological polar surface area (TPSA) is 99.9 Å². The van der Waals surface area contributed by atoms with Crippen LogP contribution in [-0.4, -0.2) is 32.2 Å². The summed E-state index contributed by atoms with van der Waals surface area (Å²) in [6.45, 7) is 0.184. The molecule has 8 nitrogen and oxygen atoms in total. The normalized spacial score (nSPS) is 10.1. The number of nitrogens with zero attached hydrogens (tertiary/aromatic N) is 1. The number of rotatable bonds is 8. The summed E-state index contributed by atoms with van der Waals surface area (Å²) in [5.41, 5.74) is 0.974. The van der Waals surface area contributed by atoms with E-state index in [1.807, 2.05) is 0 Å². The second-order valence-corrected chi connectivity index (χ2v) is 5.36. The number of hydrogen-bond acceptors (Lipinski definition) is 6. The zero-order chi connectivity index (χ0) is 19.1. The maximum absolute atomic E-state index is 12.2. The summed E-state index contributed by atoms with van der Waals surface area (Å²) in [5, 5.41) is 13.8. The van der Waals surface area contributed by atoms with Crippen molar-refractivity contribution < 1.29 is 23.9 Å². The van der Waals surface area contributed by atoms with E-state index in [0.717, 1.165) is 0 Å². The third kappa shape index (κ3) is 4.41. The Balaban J connectivity index is 2.11. The first-order chi connectivity index (χ1) is 12.5. The van der Waals surface area contributed by atoms with Gasteiger partial charge in [0.25, 0.3) is 5.69 Å². The first-order valence-electron chi connectivity index (χ1n) is 7.78. The van der Waals surface area contributed by atoms with E-state index in [1.165, 1.54) is 27.4 Å². The highest BCUT2D eigenvalue weighted by Gasteiger charge is 2.16. The fourth-order valence-corrected chi connectivity index (χ4v) is 2.50. The zero-order valence-corrected chi connectivity index (χ0v) is 14.8. The number of nitro groups is 1. The number of nitro benzene ring substituents is 1. The Hall–Kier alpha value is -3.29. The van der Waals surface area contributed by atoms with Crippen molar-refractivity contribution in [2.24, 2.45) is 0 Å². The van der Waals surface area contributed by atoms with E-state index in [9.17, 15) is 14.9 Å². The number of hydrogen-bond donors (Lipinski definition) is 1. The quantitative estimate of drug-likeness (QED) is 0.573. The van der Waals surface area contributed by atoms with Crippen molar-refractivity contribution in [2.75, 3.05) is 21.3 Å². The van der Waals surface area contributed by atoms with Gasteiger partial charge in [0.15, 0.2) is 11.5 Å². The summed E-state index contributed by atoms with van der Waals surface area (Å²) in [5.74, 6) is 1.22. The number of ether oxygens (including phenoxy) is 3. The fourth-order valence-electron chi connectivity index (χ4n) is 2.50. The lowest BCUT2D eigenvalue weighted by molar-refractivity contribution is -0.385. The molecule has 2 aromatic rings. The van der Waals surface area contributed by atoms with Crippen LogP contribution in [0.5, 0.6) is 17.2 Å². The predicted molar refractivity (Wildman–Crippen MR) is 94.7 cm³/mol. The van der Waals surface area contributed by atoms with Gasteiger partial charge < -0.3 is 19.5 Å². The van der Waals surface area contributed by atoms with Crippen LogP contribution < -0.4 is 19.5 Å². The summed E-state index contributed by atoms with van der Waals surface area (Å²) >= 11 is 0. The van der Waals surface area contributed by atoms with Crippen molar-refractivity contribution in [3.05, 3.63) is 57.6 Å². The highest BCUT2D eigenvalue weighted by atomic mass is 16.6. The number of benzene rings is 2. The van der Waals surface area contributed by atoms with Crippen molar-refractivity contribution in [2.45, 2.75) is 13.0 Å². The average molecular weight is 360 g/mol. The van der Waals surface area contributed by atoms with Gasteiger partial charge in [-0.05, 0) is 6.07 Å². The minimum atomic E-state index is -0.500. The first-order valence-corrected chi connectivity index (χ1v) is 7.78. The van der Waals surface area contributed by atoms with Crippen LogP contribution in [0.4, 0.5) is 5.69 Å².